The van der Waals surface area contributed by atoms with Crippen molar-refractivity contribution >= 4 is 5.91 Å². The molecule has 0 radical (unpaired) electrons. The second-order valence-electron chi connectivity index (χ2n) is 6.00. The zero-order chi connectivity index (χ0) is 15.7. The first-order valence-electron chi connectivity index (χ1n) is 7.50. The molecule has 1 saturated carbocycles. The normalized spacial score (nSPS) is 23.6. The molecule has 6 heteroatoms. The summed E-state index contributed by atoms with van der Waals surface area (Å²) in [5, 5.41) is 0. The van der Waals surface area contributed by atoms with E-state index in [0.717, 1.165) is 6.42 Å². The molecule has 2 fully saturated rings. The van der Waals surface area contributed by atoms with E-state index in [-0.39, 0.29) is 18.3 Å². The fourth-order valence-corrected chi connectivity index (χ4v) is 3.41. The van der Waals surface area contributed by atoms with Gasteiger partial charge in [0.2, 0.25) is 5.91 Å². The van der Waals surface area contributed by atoms with Crippen molar-refractivity contribution in [2.75, 3.05) is 13.1 Å². The Bertz CT molecular complexity index is 560. The average Bonchev–Trinajstić information content (AvgIpc) is 2.85. The van der Waals surface area contributed by atoms with Gasteiger partial charge in [-0.2, -0.15) is 8.78 Å². The lowest BCUT2D eigenvalue weighted by Gasteiger charge is -2.43. The molecule has 2 aliphatic rings. The van der Waals surface area contributed by atoms with Gasteiger partial charge in [-0.15, -0.1) is 0 Å². The third kappa shape index (κ3) is 2.72. The highest BCUT2D eigenvalue weighted by atomic mass is 19.3. The third-order valence-electron chi connectivity index (χ3n) is 4.72. The zero-order valence-electron chi connectivity index (χ0n) is 12.1. The molecule has 0 aromatic heterocycles. The molecule has 0 spiro atoms. The fraction of sp³-hybridized carbons (Fsp3) is 0.562. The first kappa shape index (κ1) is 15.3. The van der Waals surface area contributed by atoms with Gasteiger partial charge in [-0.05, 0) is 37.0 Å². The second kappa shape index (κ2) is 5.91. The lowest BCUT2D eigenvalue weighted by atomic mass is 9.63. The van der Waals surface area contributed by atoms with Crippen LogP contribution >= 0.6 is 0 Å². The highest BCUT2D eigenvalue weighted by Gasteiger charge is 2.49. The molecule has 120 valence electrons. The Labute approximate surface area is 127 Å². The lowest BCUT2D eigenvalue weighted by molar-refractivity contribution is -0.161. The van der Waals surface area contributed by atoms with E-state index in [1.165, 1.54) is 12.1 Å². The van der Waals surface area contributed by atoms with Gasteiger partial charge in [0.05, 0.1) is 11.5 Å². The molecule has 0 bridgehead atoms. The predicted molar refractivity (Wildman–Crippen MR) is 74.0 cm³/mol. The van der Waals surface area contributed by atoms with Crippen molar-refractivity contribution < 1.29 is 22.7 Å². The summed E-state index contributed by atoms with van der Waals surface area (Å²) in [7, 11) is 0. The molecule has 3 nitrogen and oxygen atoms in total. The minimum Gasteiger partial charge on any atom is -0.339 e. The Hall–Kier alpha value is -1.56. The Morgan fingerprint density at radius 2 is 2.14 bits per heavy atom. The zero-order valence-corrected chi connectivity index (χ0v) is 12.1. The van der Waals surface area contributed by atoms with Crippen LogP contribution < -0.4 is 0 Å². The number of carbonyl (C=O) groups is 1. The Kier molecular flexibility index (Phi) is 4.12. The molecule has 1 aliphatic carbocycles. The summed E-state index contributed by atoms with van der Waals surface area (Å²) >= 11 is 0. The van der Waals surface area contributed by atoms with E-state index in [1.54, 1.807) is 17.0 Å². The Balaban J connectivity index is 1.76. The van der Waals surface area contributed by atoms with E-state index >= 15 is 0 Å². The van der Waals surface area contributed by atoms with Crippen LogP contribution in [0.5, 0.6) is 0 Å². The van der Waals surface area contributed by atoms with Crippen molar-refractivity contribution in [1.82, 2.24) is 4.90 Å². The van der Waals surface area contributed by atoms with E-state index < -0.39 is 18.1 Å². The van der Waals surface area contributed by atoms with Crippen LogP contribution in [0.1, 0.15) is 31.2 Å². The molecule has 1 aromatic carbocycles. The van der Waals surface area contributed by atoms with Crippen molar-refractivity contribution in [2.45, 2.75) is 43.8 Å². The summed E-state index contributed by atoms with van der Waals surface area (Å²) in [6, 6.07) is 6.12. The van der Waals surface area contributed by atoms with E-state index in [2.05, 4.69) is 4.74 Å². The highest BCUT2D eigenvalue weighted by Crippen LogP contribution is 2.45. The number of amides is 1. The smallest absolute Gasteiger partial charge is 0.339 e. The molecule has 1 aromatic rings. The van der Waals surface area contributed by atoms with Crippen molar-refractivity contribution in [1.29, 1.82) is 0 Å². The second-order valence-corrected chi connectivity index (χ2v) is 6.00. The van der Waals surface area contributed by atoms with Crippen LogP contribution in [0.25, 0.3) is 0 Å². The van der Waals surface area contributed by atoms with E-state index in [4.69, 9.17) is 0 Å². The maximum Gasteiger partial charge on any atom is 0.345 e. The number of nitrogens with zero attached hydrogens (tertiary/aromatic N) is 1. The van der Waals surface area contributed by atoms with Gasteiger partial charge in [-0.3, -0.25) is 4.79 Å². The number of carbonyl (C=O) groups excluding carboxylic acids is 1. The van der Waals surface area contributed by atoms with Gasteiger partial charge in [0.15, 0.2) is 0 Å². The van der Waals surface area contributed by atoms with Crippen LogP contribution in [0.15, 0.2) is 24.3 Å². The molecule has 22 heavy (non-hydrogen) atoms. The van der Waals surface area contributed by atoms with Crippen LogP contribution in [0.4, 0.5) is 13.2 Å². The quantitative estimate of drug-likeness (QED) is 0.855. The van der Waals surface area contributed by atoms with Crippen molar-refractivity contribution in [2.24, 2.45) is 0 Å². The first-order valence-corrected chi connectivity index (χ1v) is 7.50. The van der Waals surface area contributed by atoms with Gasteiger partial charge in [-0.25, -0.2) is 4.39 Å². The third-order valence-corrected chi connectivity index (χ3v) is 4.72. The molecule has 1 atom stereocenters. The number of rotatable bonds is 4. The molecular formula is C16H18F3NO2. The highest BCUT2D eigenvalue weighted by molar-refractivity contribution is 5.89. The summed E-state index contributed by atoms with van der Waals surface area (Å²) in [6.45, 7) is -2.23. The number of halogens is 3. The molecule has 1 amide bonds. The van der Waals surface area contributed by atoms with E-state index in [9.17, 15) is 18.0 Å². The van der Waals surface area contributed by atoms with Gasteiger partial charge in [-0.1, -0.05) is 18.6 Å². The van der Waals surface area contributed by atoms with E-state index in [1.807, 2.05) is 0 Å². The van der Waals surface area contributed by atoms with Crippen LogP contribution in [0.2, 0.25) is 0 Å². The van der Waals surface area contributed by atoms with Crippen molar-refractivity contribution in [3.8, 4) is 0 Å². The van der Waals surface area contributed by atoms with Crippen molar-refractivity contribution in [3.05, 3.63) is 35.6 Å². The van der Waals surface area contributed by atoms with Gasteiger partial charge in [0.25, 0.3) is 0 Å². The predicted octanol–water partition coefficient (Wildman–Crippen LogP) is 3.09. The monoisotopic (exact) mass is 313 g/mol. The molecule has 0 unspecified atom stereocenters. The molecule has 0 N–H and O–H groups in total. The van der Waals surface area contributed by atoms with Crippen LogP contribution in [0.3, 0.4) is 0 Å². The van der Waals surface area contributed by atoms with Gasteiger partial charge in [0.1, 0.15) is 5.82 Å². The standard InChI is InChI=1S/C16H18F3NO2/c17-12-4-1-3-11(9-12)16(6-2-7-16)14(21)20-8-5-13(10-20)22-15(18)19/h1,3-4,9,13,15H,2,5-8,10H2/t13-/m0/s1. The van der Waals surface area contributed by atoms with Crippen molar-refractivity contribution in [3.63, 3.8) is 0 Å². The topological polar surface area (TPSA) is 29.5 Å². The van der Waals surface area contributed by atoms with Crippen LogP contribution in [-0.2, 0) is 14.9 Å². The number of likely N-dealkylation sites (tertiary alicyclic amines) is 1. The molecular weight excluding hydrogens is 295 g/mol. The maximum atomic E-state index is 13.5. The maximum absolute atomic E-state index is 13.5. The molecule has 1 aliphatic heterocycles. The number of alkyl halides is 2. The summed E-state index contributed by atoms with van der Waals surface area (Å²) < 4.78 is 42.5. The SMILES string of the molecule is O=C(N1CC[C@H](OC(F)F)C1)C1(c2cccc(F)c2)CCC1. The molecule has 3 rings (SSSR count). The average molecular weight is 313 g/mol. The van der Waals surface area contributed by atoms with Crippen LogP contribution in [0, 0.1) is 5.82 Å². The van der Waals surface area contributed by atoms with Gasteiger partial charge in [0, 0.05) is 13.1 Å². The lowest BCUT2D eigenvalue weighted by Crippen LogP contribution is -2.50. The van der Waals surface area contributed by atoms with Gasteiger partial charge >= 0.3 is 6.61 Å². The molecule has 1 heterocycles. The minimum atomic E-state index is -2.82. The summed E-state index contributed by atoms with van der Waals surface area (Å²) in [5.74, 6) is -0.457. The molecule has 1 saturated heterocycles. The largest absolute Gasteiger partial charge is 0.345 e. The first-order chi connectivity index (χ1) is 10.5. The number of hydrogen-bond donors (Lipinski definition) is 0. The fourth-order valence-electron chi connectivity index (χ4n) is 3.41. The summed E-state index contributed by atoms with van der Waals surface area (Å²) in [4.78, 5) is 14.4. The van der Waals surface area contributed by atoms with Crippen LogP contribution in [-0.4, -0.2) is 36.6 Å². The minimum absolute atomic E-state index is 0.0929. The van der Waals surface area contributed by atoms with E-state index in [0.29, 0.717) is 31.4 Å². The summed E-state index contributed by atoms with van der Waals surface area (Å²) in [5.41, 5.74) is -0.0103. The van der Waals surface area contributed by atoms with Gasteiger partial charge < -0.3 is 9.64 Å². The number of hydrogen-bond acceptors (Lipinski definition) is 2. The Morgan fingerprint density at radius 3 is 2.73 bits per heavy atom. The summed E-state index contributed by atoms with van der Waals surface area (Å²) in [6.07, 6.45) is 2.05. The number of benzene rings is 1. The number of ether oxygens (including phenoxy) is 1. The Morgan fingerprint density at radius 1 is 1.36 bits per heavy atom.